The molecule has 3 nitrogen and oxygen atoms in total. The van der Waals surface area contributed by atoms with E-state index in [1.807, 2.05) is 23.6 Å². The van der Waals surface area contributed by atoms with Crippen molar-refractivity contribution in [3.63, 3.8) is 0 Å². The molecule has 118 valence electrons. The summed E-state index contributed by atoms with van der Waals surface area (Å²) in [5.74, 6) is 0.432. The summed E-state index contributed by atoms with van der Waals surface area (Å²) in [7, 11) is 0. The standard InChI is InChI=1S/C16H18Br2N2OS/c1-10(2)11-8-13(17)15(14(18)9-11)20-16(21)19-6-5-12-4-3-7-22-12/h3-4,7-10H,5-6H2,1-2H3,(H2,19,20,21). The van der Waals surface area contributed by atoms with Crippen LogP contribution in [0.15, 0.2) is 38.6 Å². The molecular weight excluding hydrogens is 428 g/mol. The van der Waals surface area contributed by atoms with Crippen LogP contribution < -0.4 is 10.6 Å². The average molecular weight is 446 g/mol. The number of urea groups is 1. The van der Waals surface area contributed by atoms with E-state index in [-0.39, 0.29) is 6.03 Å². The van der Waals surface area contributed by atoms with Gasteiger partial charge in [-0.05, 0) is 73.3 Å². The lowest BCUT2D eigenvalue weighted by atomic mass is 10.0. The van der Waals surface area contributed by atoms with E-state index in [9.17, 15) is 4.79 Å². The van der Waals surface area contributed by atoms with Gasteiger partial charge in [0.25, 0.3) is 0 Å². The van der Waals surface area contributed by atoms with Crippen LogP contribution in [0.5, 0.6) is 0 Å². The highest BCUT2D eigenvalue weighted by Crippen LogP contribution is 2.34. The molecule has 0 bridgehead atoms. The first-order chi connectivity index (χ1) is 10.5. The molecule has 2 N–H and O–H groups in total. The van der Waals surface area contributed by atoms with Crippen molar-refractivity contribution in [1.29, 1.82) is 0 Å². The van der Waals surface area contributed by atoms with E-state index in [1.54, 1.807) is 11.3 Å². The molecule has 0 saturated heterocycles. The summed E-state index contributed by atoms with van der Waals surface area (Å²) in [6.45, 7) is 4.89. The van der Waals surface area contributed by atoms with Crippen LogP contribution in [0.3, 0.4) is 0 Å². The summed E-state index contributed by atoms with van der Waals surface area (Å²) in [6.07, 6.45) is 0.847. The number of anilines is 1. The summed E-state index contributed by atoms with van der Waals surface area (Å²) < 4.78 is 1.75. The van der Waals surface area contributed by atoms with Crippen molar-refractivity contribution in [3.8, 4) is 0 Å². The molecular formula is C16H18Br2N2OS. The van der Waals surface area contributed by atoms with E-state index < -0.39 is 0 Å². The summed E-state index contributed by atoms with van der Waals surface area (Å²) in [5, 5.41) is 7.80. The normalized spacial score (nSPS) is 10.8. The fraction of sp³-hybridized carbons (Fsp3) is 0.312. The first-order valence-corrected chi connectivity index (χ1v) is 9.50. The van der Waals surface area contributed by atoms with Crippen molar-refractivity contribution in [2.24, 2.45) is 0 Å². The highest BCUT2D eigenvalue weighted by atomic mass is 79.9. The molecule has 1 heterocycles. The second-order valence-corrected chi connectivity index (χ2v) is 7.97. The Morgan fingerprint density at radius 1 is 1.27 bits per heavy atom. The fourth-order valence-electron chi connectivity index (χ4n) is 1.96. The topological polar surface area (TPSA) is 41.1 Å². The lowest BCUT2D eigenvalue weighted by molar-refractivity contribution is 0.252. The Kier molecular flexibility index (Phi) is 6.47. The van der Waals surface area contributed by atoms with Crippen LogP contribution in [0, 0.1) is 0 Å². The number of benzene rings is 1. The van der Waals surface area contributed by atoms with E-state index >= 15 is 0 Å². The zero-order chi connectivity index (χ0) is 16.1. The van der Waals surface area contributed by atoms with Gasteiger partial charge in [0.1, 0.15) is 0 Å². The van der Waals surface area contributed by atoms with Crippen LogP contribution in [-0.2, 0) is 6.42 Å². The smallest absolute Gasteiger partial charge is 0.319 e. The monoisotopic (exact) mass is 444 g/mol. The van der Waals surface area contributed by atoms with Crippen molar-refractivity contribution in [1.82, 2.24) is 5.32 Å². The lowest BCUT2D eigenvalue weighted by Gasteiger charge is -2.14. The third-order valence-corrected chi connectivity index (χ3v) is 5.39. The summed E-state index contributed by atoms with van der Waals surface area (Å²) in [4.78, 5) is 13.3. The number of carbonyl (C=O) groups is 1. The molecule has 0 spiro atoms. The number of halogens is 2. The Morgan fingerprint density at radius 2 is 1.95 bits per heavy atom. The van der Waals surface area contributed by atoms with Gasteiger partial charge in [0, 0.05) is 20.4 Å². The van der Waals surface area contributed by atoms with Gasteiger partial charge in [0.15, 0.2) is 0 Å². The quantitative estimate of drug-likeness (QED) is 0.603. The van der Waals surface area contributed by atoms with E-state index in [2.05, 4.69) is 62.4 Å². The van der Waals surface area contributed by atoms with Crippen molar-refractivity contribution in [3.05, 3.63) is 49.0 Å². The van der Waals surface area contributed by atoms with Gasteiger partial charge < -0.3 is 10.6 Å². The maximum atomic E-state index is 12.0. The third-order valence-electron chi connectivity index (χ3n) is 3.21. The van der Waals surface area contributed by atoms with Crippen molar-refractivity contribution in [2.75, 3.05) is 11.9 Å². The molecule has 0 atom stereocenters. The number of carbonyl (C=O) groups excluding carboxylic acids is 1. The van der Waals surface area contributed by atoms with Crippen LogP contribution in [0.4, 0.5) is 10.5 Å². The second kappa shape index (κ2) is 8.13. The van der Waals surface area contributed by atoms with Crippen LogP contribution in [-0.4, -0.2) is 12.6 Å². The molecule has 0 aliphatic heterocycles. The maximum absolute atomic E-state index is 12.0. The van der Waals surface area contributed by atoms with Gasteiger partial charge >= 0.3 is 6.03 Å². The summed E-state index contributed by atoms with van der Waals surface area (Å²) in [6, 6.07) is 7.97. The number of hydrogen-bond acceptors (Lipinski definition) is 2. The Bertz CT molecular complexity index is 619. The Hall–Kier alpha value is -0.850. The summed E-state index contributed by atoms with van der Waals surface area (Å²) >= 11 is 8.75. The van der Waals surface area contributed by atoms with Gasteiger partial charge in [-0.3, -0.25) is 0 Å². The highest BCUT2D eigenvalue weighted by molar-refractivity contribution is 9.11. The van der Waals surface area contributed by atoms with Gasteiger partial charge in [-0.1, -0.05) is 19.9 Å². The number of hydrogen-bond donors (Lipinski definition) is 2. The molecule has 1 aromatic heterocycles. The molecule has 2 aromatic rings. The molecule has 2 rings (SSSR count). The Balaban J connectivity index is 1.93. The Labute approximate surface area is 151 Å². The molecule has 0 fully saturated rings. The van der Waals surface area contributed by atoms with Crippen LogP contribution in [0.25, 0.3) is 0 Å². The van der Waals surface area contributed by atoms with Gasteiger partial charge in [-0.25, -0.2) is 4.79 Å². The zero-order valence-electron chi connectivity index (χ0n) is 12.5. The molecule has 0 aliphatic rings. The minimum atomic E-state index is -0.199. The number of thiophene rings is 1. The first-order valence-electron chi connectivity index (χ1n) is 7.03. The van der Waals surface area contributed by atoms with Crippen LogP contribution >= 0.6 is 43.2 Å². The minimum absolute atomic E-state index is 0.199. The SMILES string of the molecule is CC(C)c1cc(Br)c(NC(=O)NCCc2cccs2)c(Br)c1. The molecule has 6 heteroatoms. The number of rotatable bonds is 5. The fourth-order valence-corrected chi connectivity index (χ4v) is 4.09. The highest BCUT2D eigenvalue weighted by Gasteiger charge is 2.12. The predicted octanol–water partition coefficient (Wildman–Crippen LogP) is 5.76. The Morgan fingerprint density at radius 3 is 2.50 bits per heavy atom. The van der Waals surface area contributed by atoms with E-state index in [1.165, 1.54) is 10.4 Å². The first kappa shape index (κ1) is 17.5. The third kappa shape index (κ3) is 4.83. The second-order valence-electron chi connectivity index (χ2n) is 5.22. The van der Waals surface area contributed by atoms with E-state index in [0.717, 1.165) is 21.1 Å². The van der Waals surface area contributed by atoms with Crippen molar-refractivity contribution in [2.45, 2.75) is 26.2 Å². The molecule has 1 aromatic carbocycles. The van der Waals surface area contributed by atoms with E-state index in [4.69, 9.17) is 0 Å². The van der Waals surface area contributed by atoms with Crippen LogP contribution in [0.2, 0.25) is 0 Å². The molecule has 22 heavy (non-hydrogen) atoms. The van der Waals surface area contributed by atoms with Crippen molar-refractivity contribution < 1.29 is 4.79 Å². The number of nitrogens with one attached hydrogen (secondary N) is 2. The minimum Gasteiger partial charge on any atom is -0.338 e. The predicted molar refractivity (Wildman–Crippen MR) is 101 cm³/mol. The van der Waals surface area contributed by atoms with Crippen molar-refractivity contribution >= 4 is 54.9 Å². The molecule has 0 radical (unpaired) electrons. The van der Waals surface area contributed by atoms with Gasteiger partial charge in [0.05, 0.1) is 5.69 Å². The molecule has 0 unspecified atom stereocenters. The average Bonchev–Trinajstić information content (AvgIpc) is 2.95. The zero-order valence-corrected chi connectivity index (χ0v) is 16.4. The van der Waals surface area contributed by atoms with Crippen LogP contribution in [0.1, 0.15) is 30.2 Å². The van der Waals surface area contributed by atoms with E-state index in [0.29, 0.717) is 12.5 Å². The van der Waals surface area contributed by atoms with Gasteiger partial charge in [-0.2, -0.15) is 0 Å². The summed E-state index contributed by atoms with van der Waals surface area (Å²) in [5.41, 5.74) is 1.96. The molecule has 0 saturated carbocycles. The van der Waals surface area contributed by atoms with Gasteiger partial charge in [-0.15, -0.1) is 11.3 Å². The lowest BCUT2D eigenvalue weighted by Crippen LogP contribution is -2.30. The largest absolute Gasteiger partial charge is 0.338 e. The molecule has 2 amide bonds. The maximum Gasteiger partial charge on any atom is 0.319 e. The van der Waals surface area contributed by atoms with Gasteiger partial charge in [0.2, 0.25) is 0 Å². The number of amides is 2. The molecule has 0 aliphatic carbocycles.